The summed E-state index contributed by atoms with van der Waals surface area (Å²) in [4.78, 5) is 23.7. The third-order valence-electron chi connectivity index (χ3n) is 6.17. The largest absolute Gasteiger partial charge is 0.417 e. The van der Waals surface area contributed by atoms with Crippen LogP contribution in [-0.4, -0.2) is 36.6 Å². The summed E-state index contributed by atoms with van der Waals surface area (Å²) in [5, 5.41) is 5.04. The van der Waals surface area contributed by atoms with Crippen LogP contribution in [0.4, 0.5) is 19.0 Å². The molecular weight excluding hydrogens is 457 g/mol. The maximum atomic E-state index is 13.7. The number of benzene rings is 1. The van der Waals surface area contributed by atoms with Gasteiger partial charge in [0.25, 0.3) is 5.91 Å². The summed E-state index contributed by atoms with van der Waals surface area (Å²) in [6.07, 6.45) is -0.246. The Morgan fingerprint density at radius 2 is 1.94 bits per heavy atom. The van der Waals surface area contributed by atoms with Gasteiger partial charge < -0.3 is 10.6 Å². The summed E-state index contributed by atoms with van der Waals surface area (Å²) in [6.45, 7) is 5.67. The van der Waals surface area contributed by atoms with Crippen LogP contribution in [0.3, 0.4) is 0 Å². The summed E-state index contributed by atoms with van der Waals surface area (Å²) in [5.74, 6) is 0.142. The Labute approximate surface area is 200 Å². The number of anilines is 1. The molecule has 35 heavy (non-hydrogen) atoms. The zero-order chi connectivity index (χ0) is 25.3. The molecule has 4 aromatic rings. The van der Waals surface area contributed by atoms with Gasteiger partial charge in [-0.15, -0.1) is 0 Å². The van der Waals surface area contributed by atoms with Crippen molar-refractivity contribution in [3.8, 4) is 0 Å². The van der Waals surface area contributed by atoms with Crippen LogP contribution in [0.15, 0.2) is 61.1 Å². The van der Waals surface area contributed by atoms with E-state index in [2.05, 4.69) is 15.1 Å². The smallest absolute Gasteiger partial charge is 0.383 e. The van der Waals surface area contributed by atoms with E-state index in [1.807, 2.05) is 26.8 Å². The molecule has 4 rings (SSSR count). The second-order valence-electron chi connectivity index (χ2n) is 8.53. The second kappa shape index (κ2) is 9.36. The van der Waals surface area contributed by atoms with Gasteiger partial charge in [-0.2, -0.15) is 18.3 Å². The minimum Gasteiger partial charge on any atom is -0.383 e. The molecule has 0 spiro atoms. The zero-order valence-corrected chi connectivity index (χ0v) is 19.5. The first kappa shape index (κ1) is 24.2. The van der Waals surface area contributed by atoms with E-state index >= 15 is 0 Å². The maximum Gasteiger partial charge on any atom is 0.417 e. The number of aryl methyl sites for hydroxylation is 1. The minimum atomic E-state index is -4.48. The molecule has 0 unspecified atom stereocenters. The van der Waals surface area contributed by atoms with Crippen molar-refractivity contribution in [2.75, 3.05) is 5.73 Å². The molecule has 0 saturated heterocycles. The Morgan fingerprint density at radius 3 is 2.57 bits per heavy atom. The Morgan fingerprint density at radius 1 is 1.17 bits per heavy atom. The average molecular weight is 483 g/mol. The third-order valence-corrected chi connectivity index (χ3v) is 6.17. The highest BCUT2D eigenvalue weighted by atomic mass is 19.4. The molecule has 0 radical (unpaired) electrons. The maximum absolute atomic E-state index is 13.7. The highest BCUT2D eigenvalue weighted by Crippen LogP contribution is 2.29. The van der Waals surface area contributed by atoms with Crippen molar-refractivity contribution < 1.29 is 18.0 Å². The number of rotatable bonds is 6. The first-order valence-electron chi connectivity index (χ1n) is 11.0. The monoisotopic (exact) mass is 482 g/mol. The van der Waals surface area contributed by atoms with E-state index in [1.54, 1.807) is 46.2 Å². The highest BCUT2D eigenvalue weighted by Gasteiger charge is 2.31. The van der Waals surface area contributed by atoms with Gasteiger partial charge in [-0.25, -0.2) is 4.98 Å². The van der Waals surface area contributed by atoms with E-state index in [4.69, 9.17) is 5.73 Å². The molecule has 3 heterocycles. The Balaban J connectivity index is 1.69. The van der Waals surface area contributed by atoms with Gasteiger partial charge in [0.15, 0.2) is 0 Å². The minimum absolute atomic E-state index is 0.0286. The first-order chi connectivity index (χ1) is 16.5. The van der Waals surface area contributed by atoms with Gasteiger partial charge in [-0.3, -0.25) is 14.5 Å². The van der Waals surface area contributed by atoms with E-state index in [1.165, 1.54) is 6.07 Å². The number of pyridine rings is 2. The lowest BCUT2D eigenvalue weighted by Gasteiger charge is -2.33. The molecule has 0 aliphatic heterocycles. The predicted octanol–water partition coefficient (Wildman–Crippen LogP) is 5.03. The van der Waals surface area contributed by atoms with E-state index < -0.39 is 11.7 Å². The summed E-state index contributed by atoms with van der Waals surface area (Å²) in [7, 11) is 0. The molecule has 2 N–H and O–H groups in total. The first-order valence-corrected chi connectivity index (χ1v) is 11.0. The van der Waals surface area contributed by atoms with Gasteiger partial charge in [0.05, 0.1) is 35.4 Å². The fourth-order valence-electron chi connectivity index (χ4n) is 3.86. The number of nitrogen functional groups attached to an aromatic ring is 1. The Kier molecular flexibility index (Phi) is 6.47. The van der Waals surface area contributed by atoms with Crippen LogP contribution in [0, 0.1) is 6.92 Å². The van der Waals surface area contributed by atoms with Crippen LogP contribution < -0.4 is 5.73 Å². The highest BCUT2D eigenvalue weighted by molar-refractivity contribution is 5.98. The standard InChI is InChI=1S/C25H25F3N6O/c1-15-11-19-12-18(5-8-22(19)32-23(15)29)24(35)33(16(2)17(3)34-10-4-9-31-34)14-21-7-6-20(13-30-21)25(26,27)28/h4-13,16-17H,14H2,1-3H3,(H2,29,32)/t16-,17-/m1/s1. The summed E-state index contributed by atoms with van der Waals surface area (Å²) in [6, 6.07) is 10.5. The molecule has 1 aromatic carbocycles. The van der Waals surface area contributed by atoms with Gasteiger partial charge in [-0.1, -0.05) is 0 Å². The molecule has 0 aliphatic carbocycles. The number of fused-ring (bicyclic) bond motifs is 1. The number of alkyl halides is 3. The number of halogens is 3. The fourth-order valence-corrected chi connectivity index (χ4v) is 3.86. The molecule has 7 nitrogen and oxygen atoms in total. The Hall–Kier alpha value is -3.95. The predicted molar refractivity (Wildman–Crippen MR) is 126 cm³/mol. The second-order valence-corrected chi connectivity index (χ2v) is 8.53. The number of nitrogens with two attached hydrogens (primary N) is 1. The molecule has 1 amide bonds. The molecular formula is C25H25F3N6O. The number of hydrogen-bond donors (Lipinski definition) is 1. The van der Waals surface area contributed by atoms with Crippen LogP contribution in [0.1, 0.15) is 47.1 Å². The zero-order valence-electron chi connectivity index (χ0n) is 19.5. The summed E-state index contributed by atoms with van der Waals surface area (Å²) >= 11 is 0. The van der Waals surface area contributed by atoms with Gasteiger partial charge in [-0.05, 0) is 68.8 Å². The number of carbonyl (C=O) groups is 1. The number of amides is 1. The number of hydrogen-bond acceptors (Lipinski definition) is 5. The van der Waals surface area contributed by atoms with E-state index in [0.29, 0.717) is 22.6 Å². The SMILES string of the molecule is Cc1cc2cc(C(=O)N(Cc3ccc(C(F)(F)F)cn3)[C@H](C)[C@@H](C)n3cccn3)ccc2nc1N. The summed E-state index contributed by atoms with van der Waals surface area (Å²) < 4.78 is 40.7. The van der Waals surface area contributed by atoms with Crippen molar-refractivity contribution in [1.29, 1.82) is 0 Å². The van der Waals surface area contributed by atoms with Crippen LogP contribution >= 0.6 is 0 Å². The van der Waals surface area contributed by atoms with Crippen molar-refractivity contribution in [3.05, 3.63) is 83.4 Å². The molecule has 3 aromatic heterocycles. The quantitative estimate of drug-likeness (QED) is 0.416. The average Bonchev–Trinajstić information content (AvgIpc) is 3.36. The lowest BCUT2D eigenvalue weighted by molar-refractivity contribution is -0.137. The van der Waals surface area contributed by atoms with Gasteiger partial charge >= 0.3 is 6.18 Å². The normalized spacial score (nSPS) is 13.5. The molecule has 182 valence electrons. The van der Waals surface area contributed by atoms with Crippen molar-refractivity contribution in [2.24, 2.45) is 0 Å². The van der Waals surface area contributed by atoms with Crippen LogP contribution in [0.25, 0.3) is 10.9 Å². The molecule has 10 heteroatoms. The molecule has 0 saturated carbocycles. The molecule has 2 atom stereocenters. The molecule has 0 bridgehead atoms. The van der Waals surface area contributed by atoms with Crippen molar-refractivity contribution in [3.63, 3.8) is 0 Å². The topological polar surface area (TPSA) is 89.9 Å². The van der Waals surface area contributed by atoms with Crippen LogP contribution in [0.2, 0.25) is 0 Å². The van der Waals surface area contributed by atoms with Gasteiger partial charge in [0.2, 0.25) is 0 Å². The molecule has 0 fully saturated rings. The van der Waals surface area contributed by atoms with Gasteiger partial charge in [0, 0.05) is 29.5 Å². The van der Waals surface area contributed by atoms with E-state index in [-0.39, 0.29) is 24.5 Å². The van der Waals surface area contributed by atoms with E-state index in [9.17, 15) is 18.0 Å². The number of aromatic nitrogens is 4. The number of nitrogens with zero attached hydrogens (tertiary/aromatic N) is 5. The fraction of sp³-hybridized carbons (Fsp3) is 0.280. The van der Waals surface area contributed by atoms with Crippen molar-refractivity contribution >= 4 is 22.6 Å². The molecule has 0 aliphatic rings. The van der Waals surface area contributed by atoms with Crippen molar-refractivity contribution in [1.82, 2.24) is 24.6 Å². The lowest BCUT2D eigenvalue weighted by Crippen LogP contribution is -2.42. The van der Waals surface area contributed by atoms with Gasteiger partial charge in [0.1, 0.15) is 5.82 Å². The Bertz CT molecular complexity index is 1340. The van der Waals surface area contributed by atoms with Crippen molar-refractivity contribution in [2.45, 2.75) is 45.6 Å². The summed E-state index contributed by atoms with van der Waals surface area (Å²) in [5.41, 5.74) is 7.30. The number of carbonyl (C=O) groups excluding carboxylic acids is 1. The lowest BCUT2D eigenvalue weighted by atomic mass is 10.0. The van der Waals surface area contributed by atoms with Crippen LogP contribution in [0.5, 0.6) is 0 Å². The van der Waals surface area contributed by atoms with E-state index in [0.717, 1.165) is 23.2 Å². The van der Waals surface area contributed by atoms with Crippen LogP contribution in [-0.2, 0) is 12.7 Å². The third kappa shape index (κ3) is 5.11.